The molecule has 3 aromatic heterocycles. The predicted octanol–water partition coefficient (Wildman–Crippen LogP) is 1.56. The van der Waals surface area contributed by atoms with Crippen LogP contribution in [0.25, 0.3) is 22.1 Å². The Bertz CT molecular complexity index is 830. The third-order valence-corrected chi connectivity index (χ3v) is 3.84. The molecule has 6 nitrogen and oxygen atoms in total. The summed E-state index contributed by atoms with van der Waals surface area (Å²) >= 11 is 0. The van der Waals surface area contributed by atoms with E-state index in [1.165, 1.54) is 0 Å². The maximum Gasteiger partial charge on any atom is 0.249 e. The molecule has 1 unspecified atom stereocenters. The van der Waals surface area contributed by atoms with E-state index in [0.717, 1.165) is 22.1 Å². The number of fused-ring (bicyclic) bond motifs is 3. The molecule has 6 heteroatoms. The fraction of sp³-hybridized carbons (Fsp3) is 0.200. The van der Waals surface area contributed by atoms with Crippen LogP contribution in [-0.2, 0) is 9.59 Å². The molecule has 1 N–H and O–H groups in total. The second-order valence-corrected chi connectivity index (χ2v) is 5.09. The highest BCUT2D eigenvalue weighted by molar-refractivity contribution is 6.07. The first-order valence-corrected chi connectivity index (χ1v) is 6.79. The van der Waals surface area contributed by atoms with Crippen molar-refractivity contribution in [2.24, 2.45) is 0 Å². The van der Waals surface area contributed by atoms with Crippen molar-refractivity contribution in [3.8, 4) is 0 Å². The van der Waals surface area contributed by atoms with Crippen molar-refractivity contribution in [2.45, 2.75) is 18.9 Å². The third-order valence-electron chi connectivity index (χ3n) is 3.84. The van der Waals surface area contributed by atoms with Gasteiger partial charge in [0.15, 0.2) is 0 Å². The van der Waals surface area contributed by atoms with Crippen LogP contribution in [0.4, 0.5) is 0 Å². The maximum atomic E-state index is 12.2. The number of pyridine rings is 2. The van der Waals surface area contributed by atoms with Crippen molar-refractivity contribution in [3.05, 3.63) is 36.7 Å². The van der Waals surface area contributed by atoms with Crippen LogP contribution >= 0.6 is 0 Å². The van der Waals surface area contributed by atoms with Gasteiger partial charge in [-0.3, -0.25) is 19.5 Å². The average molecular weight is 280 g/mol. The second-order valence-electron chi connectivity index (χ2n) is 5.09. The first kappa shape index (κ1) is 12.0. The molecular weight excluding hydrogens is 268 g/mol. The van der Waals surface area contributed by atoms with E-state index in [0.29, 0.717) is 12.8 Å². The van der Waals surface area contributed by atoms with Crippen molar-refractivity contribution < 1.29 is 9.59 Å². The Morgan fingerprint density at radius 1 is 1.05 bits per heavy atom. The van der Waals surface area contributed by atoms with Crippen LogP contribution in [0.5, 0.6) is 0 Å². The van der Waals surface area contributed by atoms with Crippen LogP contribution in [0, 0.1) is 0 Å². The van der Waals surface area contributed by atoms with E-state index in [1.54, 1.807) is 12.4 Å². The van der Waals surface area contributed by atoms with E-state index in [1.807, 2.05) is 28.8 Å². The minimum atomic E-state index is -0.451. The minimum absolute atomic E-state index is 0.224. The zero-order chi connectivity index (χ0) is 14.4. The van der Waals surface area contributed by atoms with Gasteiger partial charge in [-0.25, -0.2) is 9.97 Å². The number of rotatable bonds is 1. The number of amides is 2. The van der Waals surface area contributed by atoms with E-state index in [-0.39, 0.29) is 11.8 Å². The average Bonchev–Trinajstić information content (AvgIpc) is 2.82. The van der Waals surface area contributed by atoms with Gasteiger partial charge in [-0.2, -0.15) is 0 Å². The van der Waals surface area contributed by atoms with Gasteiger partial charge in [0, 0.05) is 29.6 Å². The van der Waals surface area contributed by atoms with Gasteiger partial charge in [-0.05, 0) is 30.7 Å². The summed E-state index contributed by atoms with van der Waals surface area (Å²) in [6.45, 7) is 0. The van der Waals surface area contributed by atoms with Gasteiger partial charge in [0.1, 0.15) is 17.3 Å². The largest absolute Gasteiger partial charge is 0.297 e. The fourth-order valence-electron chi connectivity index (χ4n) is 2.92. The smallest absolute Gasteiger partial charge is 0.249 e. The van der Waals surface area contributed by atoms with Crippen molar-refractivity contribution >= 4 is 33.9 Å². The molecule has 0 spiro atoms. The monoisotopic (exact) mass is 280 g/mol. The Hall–Kier alpha value is -2.76. The van der Waals surface area contributed by atoms with Gasteiger partial charge in [0.25, 0.3) is 0 Å². The van der Waals surface area contributed by atoms with E-state index in [9.17, 15) is 9.59 Å². The third kappa shape index (κ3) is 1.72. The van der Waals surface area contributed by atoms with Gasteiger partial charge in [0.05, 0.1) is 0 Å². The van der Waals surface area contributed by atoms with Gasteiger partial charge in [-0.1, -0.05) is 0 Å². The Balaban J connectivity index is 2.02. The van der Waals surface area contributed by atoms with E-state index in [2.05, 4.69) is 15.3 Å². The van der Waals surface area contributed by atoms with Crippen LogP contribution in [0.15, 0.2) is 36.7 Å². The molecule has 1 aliphatic rings. The maximum absolute atomic E-state index is 12.2. The summed E-state index contributed by atoms with van der Waals surface area (Å²) in [5, 5.41) is 4.32. The zero-order valence-electron chi connectivity index (χ0n) is 11.1. The lowest BCUT2D eigenvalue weighted by Gasteiger charge is -2.23. The molecule has 1 aliphatic heterocycles. The Labute approximate surface area is 119 Å². The summed E-state index contributed by atoms with van der Waals surface area (Å²) in [6, 6.07) is 7.21. The molecule has 3 aromatic rings. The normalized spacial score (nSPS) is 19.1. The number of piperidine rings is 1. The number of aromatic nitrogens is 3. The molecule has 2 amide bonds. The standard InChI is InChI=1S/C15H12N4O2/c20-12-6-5-11(15(21)18-12)19-13-9(3-1-7-16-13)10-4-2-8-17-14(10)19/h1-4,7-8,11H,5-6H2,(H,18,20,21). The molecule has 104 valence electrons. The fourth-order valence-corrected chi connectivity index (χ4v) is 2.92. The van der Waals surface area contributed by atoms with E-state index < -0.39 is 6.04 Å². The number of imide groups is 1. The number of nitrogens with zero attached hydrogens (tertiary/aromatic N) is 3. The number of nitrogens with one attached hydrogen (secondary N) is 1. The van der Waals surface area contributed by atoms with E-state index in [4.69, 9.17) is 0 Å². The summed E-state index contributed by atoms with van der Waals surface area (Å²) in [6.07, 6.45) is 4.20. The highest BCUT2D eigenvalue weighted by atomic mass is 16.2. The first-order chi connectivity index (χ1) is 10.3. The number of carbonyl (C=O) groups excluding carboxylic acids is 2. The van der Waals surface area contributed by atoms with Gasteiger partial charge in [-0.15, -0.1) is 0 Å². The van der Waals surface area contributed by atoms with E-state index >= 15 is 0 Å². The van der Waals surface area contributed by atoms with Crippen LogP contribution in [0.1, 0.15) is 18.9 Å². The van der Waals surface area contributed by atoms with Gasteiger partial charge >= 0.3 is 0 Å². The molecular formula is C15H12N4O2. The molecule has 4 rings (SSSR count). The highest BCUT2D eigenvalue weighted by Gasteiger charge is 2.31. The second kappa shape index (κ2) is 4.37. The Kier molecular flexibility index (Phi) is 2.50. The molecule has 1 fully saturated rings. The molecule has 1 saturated heterocycles. The SMILES string of the molecule is O=C1CCC(n2c3ncccc3c3cccnc32)C(=O)N1. The van der Waals surface area contributed by atoms with Gasteiger partial charge in [0.2, 0.25) is 11.8 Å². The topological polar surface area (TPSA) is 76.9 Å². The zero-order valence-corrected chi connectivity index (χ0v) is 11.1. The van der Waals surface area contributed by atoms with Crippen LogP contribution < -0.4 is 5.32 Å². The quantitative estimate of drug-likeness (QED) is 0.686. The first-order valence-electron chi connectivity index (χ1n) is 6.79. The van der Waals surface area contributed by atoms with Crippen molar-refractivity contribution in [3.63, 3.8) is 0 Å². The van der Waals surface area contributed by atoms with Gasteiger partial charge < -0.3 is 0 Å². The molecule has 21 heavy (non-hydrogen) atoms. The summed E-state index contributed by atoms with van der Waals surface area (Å²) in [5.41, 5.74) is 1.45. The lowest BCUT2D eigenvalue weighted by Crippen LogP contribution is -2.41. The highest BCUT2D eigenvalue weighted by Crippen LogP contribution is 2.31. The Morgan fingerprint density at radius 2 is 1.67 bits per heavy atom. The lowest BCUT2D eigenvalue weighted by molar-refractivity contribution is -0.135. The number of hydrogen-bond donors (Lipinski definition) is 1. The molecule has 0 aromatic carbocycles. The van der Waals surface area contributed by atoms with Crippen molar-refractivity contribution in [1.29, 1.82) is 0 Å². The van der Waals surface area contributed by atoms with Crippen LogP contribution in [-0.4, -0.2) is 26.3 Å². The van der Waals surface area contributed by atoms with Crippen LogP contribution in [0.2, 0.25) is 0 Å². The molecule has 0 saturated carbocycles. The predicted molar refractivity (Wildman–Crippen MR) is 76.5 cm³/mol. The Morgan fingerprint density at radius 3 is 2.24 bits per heavy atom. The summed E-state index contributed by atoms with van der Waals surface area (Å²) < 4.78 is 1.84. The number of hydrogen-bond acceptors (Lipinski definition) is 4. The molecule has 1 atom stereocenters. The van der Waals surface area contributed by atoms with Crippen molar-refractivity contribution in [1.82, 2.24) is 19.9 Å². The van der Waals surface area contributed by atoms with Crippen LogP contribution in [0.3, 0.4) is 0 Å². The number of carbonyl (C=O) groups is 2. The lowest BCUT2D eigenvalue weighted by atomic mass is 10.1. The summed E-state index contributed by atoms with van der Waals surface area (Å²) in [4.78, 5) is 32.3. The molecule has 4 heterocycles. The molecule has 0 bridgehead atoms. The molecule has 0 radical (unpaired) electrons. The van der Waals surface area contributed by atoms with Crippen molar-refractivity contribution in [2.75, 3.05) is 0 Å². The summed E-state index contributed by atoms with van der Waals surface area (Å²) in [5.74, 6) is -0.515. The summed E-state index contributed by atoms with van der Waals surface area (Å²) in [7, 11) is 0. The molecule has 0 aliphatic carbocycles. The minimum Gasteiger partial charge on any atom is -0.297 e.